The average Bonchev–Trinajstić information content (AvgIpc) is 2.53. The Morgan fingerprint density at radius 1 is 0.850 bits per heavy atom. The number of fused-ring (bicyclic) bond motifs is 5. The molecule has 0 unspecified atom stereocenters. The first-order chi connectivity index (χ1) is 9.88. The number of benzene rings is 2. The van der Waals surface area contributed by atoms with E-state index in [1.165, 1.54) is 33.4 Å². The van der Waals surface area contributed by atoms with Crippen molar-refractivity contribution in [1.29, 1.82) is 0 Å². The molecule has 0 N–H and O–H groups in total. The van der Waals surface area contributed by atoms with Crippen LogP contribution in [0.5, 0.6) is 0 Å². The van der Waals surface area contributed by atoms with Gasteiger partial charge in [0.2, 0.25) is 0 Å². The molecule has 1 heteroatoms. The number of hydrogen-bond acceptors (Lipinski definition) is 0. The maximum absolute atomic E-state index is 11.5. The molecule has 0 bridgehead atoms. The Morgan fingerprint density at radius 3 is 2.65 bits per heavy atom. The lowest BCUT2D eigenvalue weighted by Crippen LogP contribution is -2.12. The highest BCUT2D eigenvalue weighted by atomic mass is 16.3. The summed E-state index contributed by atoms with van der Waals surface area (Å²) in [5.41, 5.74) is 9.20. The van der Waals surface area contributed by atoms with Gasteiger partial charge in [0.25, 0.3) is 0 Å². The van der Waals surface area contributed by atoms with Crippen LogP contribution in [0.4, 0.5) is 0 Å². The smallest absolute Gasteiger partial charge is 0.108 e. The van der Waals surface area contributed by atoms with Crippen LogP contribution in [0.3, 0.4) is 0 Å². The molecule has 2 aromatic carbocycles. The number of aryl methyl sites for hydroxylation is 2. The summed E-state index contributed by atoms with van der Waals surface area (Å²) in [6.45, 7) is -0.0922. The Balaban J connectivity index is 1.98. The summed E-state index contributed by atoms with van der Waals surface area (Å²) in [7, 11) is 0. The van der Waals surface area contributed by atoms with Crippen molar-refractivity contribution in [2.75, 3.05) is 6.61 Å². The molecule has 1 radical (unpaired) electrons. The van der Waals surface area contributed by atoms with Gasteiger partial charge < -0.3 is 0 Å². The van der Waals surface area contributed by atoms with Gasteiger partial charge in [0, 0.05) is 0 Å². The zero-order valence-corrected chi connectivity index (χ0v) is 11.5. The Labute approximate surface area is 119 Å². The van der Waals surface area contributed by atoms with Crippen LogP contribution >= 0.6 is 0 Å². The van der Waals surface area contributed by atoms with Gasteiger partial charge >= 0.3 is 0 Å². The topological polar surface area (TPSA) is 19.9 Å². The first kappa shape index (κ1) is 11.9. The van der Waals surface area contributed by atoms with E-state index in [0.29, 0.717) is 0 Å². The quantitative estimate of drug-likeness (QED) is 0.732. The van der Waals surface area contributed by atoms with E-state index in [4.69, 9.17) is 0 Å². The average molecular weight is 261 g/mol. The molecular formula is C19H17O. The van der Waals surface area contributed by atoms with E-state index >= 15 is 0 Å². The monoisotopic (exact) mass is 261 g/mol. The van der Waals surface area contributed by atoms with Crippen molar-refractivity contribution in [3.8, 4) is 11.1 Å². The molecule has 0 spiro atoms. The highest BCUT2D eigenvalue weighted by molar-refractivity contribution is 5.83. The third-order valence-electron chi connectivity index (χ3n) is 4.63. The fourth-order valence-electron chi connectivity index (χ4n) is 3.71. The van der Waals surface area contributed by atoms with Gasteiger partial charge in [-0.15, -0.1) is 0 Å². The summed E-state index contributed by atoms with van der Waals surface area (Å²) in [5.74, 6) is 0. The standard InChI is InChI=1S/C19H17O/c20-12-15-6-3-5-14-9-10-17-16-7-2-1-4-13(16)8-11-18(17)19(14)15/h1-2,4,6-7,9-10H,3,5,8,11-12H2. The molecule has 0 heterocycles. The Morgan fingerprint density at radius 2 is 1.75 bits per heavy atom. The zero-order valence-electron chi connectivity index (χ0n) is 11.5. The molecule has 20 heavy (non-hydrogen) atoms. The third kappa shape index (κ3) is 1.66. The number of rotatable bonds is 1. The maximum Gasteiger partial charge on any atom is 0.108 e. The van der Waals surface area contributed by atoms with Crippen LogP contribution in [0.1, 0.15) is 28.7 Å². The maximum atomic E-state index is 11.5. The molecule has 0 saturated heterocycles. The molecule has 0 atom stereocenters. The van der Waals surface area contributed by atoms with Crippen LogP contribution in [-0.4, -0.2) is 6.61 Å². The SMILES string of the molecule is [O]CC1=CCCc2ccc3c(c21)CCc1ccccc1-3. The molecule has 2 aliphatic carbocycles. The van der Waals surface area contributed by atoms with Crippen LogP contribution < -0.4 is 0 Å². The molecule has 0 aliphatic heterocycles. The van der Waals surface area contributed by atoms with E-state index in [1.807, 2.05) is 0 Å². The van der Waals surface area contributed by atoms with Gasteiger partial charge in [-0.2, -0.15) is 0 Å². The summed E-state index contributed by atoms with van der Waals surface area (Å²) in [6.07, 6.45) is 6.39. The Hall–Kier alpha value is -1.86. The minimum Gasteiger partial charge on any atom is -0.232 e. The lowest BCUT2D eigenvalue weighted by Gasteiger charge is -2.27. The van der Waals surface area contributed by atoms with E-state index in [1.54, 1.807) is 0 Å². The van der Waals surface area contributed by atoms with Gasteiger partial charge in [-0.05, 0) is 64.6 Å². The second-order valence-electron chi connectivity index (χ2n) is 5.70. The summed E-state index contributed by atoms with van der Waals surface area (Å²) >= 11 is 0. The molecule has 2 aromatic rings. The molecule has 0 amide bonds. The highest BCUT2D eigenvalue weighted by Gasteiger charge is 2.23. The van der Waals surface area contributed by atoms with Gasteiger partial charge in [0.1, 0.15) is 6.61 Å². The van der Waals surface area contributed by atoms with E-state index in [2.05, 4.69) is 42.5 Å². The summed E-state index contributed by atoms with van der Waals surface area (Å²) in [4.78, 5) is 0. The normalized spacial score (nSPS) is 15.9. The van der Waals surface area contributed by atoms with Crippen molar-refractivity contribution in [2.24, 2.45) is 0 Å². The van der Waals surface area contributed by atoms with Gasteiger partial charge in [-0.3, -0.25) is 0 Å². The Bertz CT molecular complexity index is 710. The predicted molar refractivity (Wildman–Crippen MR) is 81.1 cm³/mol. The van der Waals surface area contributed by atoms with Crippen LogP contribution in [0.25, 0.3) is 16.7 Å². The van der Waals surface area contributed by atoms with E-state index < -0.39 is 0 Å². The van der Waals surface area contributed by atoms with Crippen molar-refractivity contribution >= 4 is 5.57 Å². The van der Waals surface area contributed by atoms with Crippen molar-refractivity contribution in [3.05, 3.63) is 64.7 Å². The van der Waals surface area contributed by atoms with Crippen LogP contribution in [0.15, 0.2) is 42.5 Å². The lowest BCUT2D eigenvalue weighted by molar-refractivity contribution is 0.238. The third-order valence-corrected chi connectivity index (χ3v) is 4.63. The van der Waals surface area contributed by atoms with E-state index in [0.717, 1.165) is 31.3 Å². The molecule has 1 nitrogen and oxygen atoms in total. The highest BCUT2D eigenvalue weighted by Crippen LogP contribution is 2.40. The molecular weight excluding hydrogens is 244 g/mol. The van der Waals surface area contributed by atoms with Gasteiger partial charge in [-0.25, -0.2) is 5.11 Å². The van der Waals surface area contributed by atoms with Crippen LogP contribution in [0, 0.1) is 0 Å². The largest absolute Gasteiger partial charge is 0.232 e. The minimum atomic E-state index is -0.0922. The summed E-state index contributed by atoms with van der Waals surface area (Å²) in [6, 6.07) is 13.2. The second kappa shape index (κ2) is 4.60. The van der Waals surface area contributed by atoms with Crippen molar-refractivity contribution < 1.29 is 5.11 Å². The first-order valence-corrected chi connectivity index (χ1v) is 7.39. The predicted octanol–water partition coefficient (Wildman–Crippen LogP) is 4.21. The van der Waals surface area contributed by atoms with Crippen LogP contribution in [0.2, 0.25) is 0 Å². The fourth-order valence-corrected chi connectivity index (χ4v) is 3.71. The Kier molecular flexibility index (Phi) is 2.75. The van der Waals surface area contributed by atoms with E-state index in [9.17, 15) is 5.11 Å². The van der Waals surface area contributed by atoms with Crippen molar-refractivity contribution in [2.45, 2.75) is 25.7 Å². The molecule has 0 aromatic heterocycles. The number of hydrogen-bond donors (Lipinski definition) is 0. The van der Waals surface area contributed by atoms with Crippen molar-refractivity contribution in [1.82, 2.24) is 0 Å². The molecule has 0 saturated carbocycles. The van der Waals surface area contributed by atoms with Gasteiger partial charge in [-0.1, -0.05) is 42.5 Å². The molecule has 4 rings (SSSR count). The minimum absolute atomic E-state index is 0.0922. The molecule has 2 aliphatic rings. The first-order valence-electron chi connectivity index (χ1n) is 7.39. The summed E-state index contributed by atoms with van der Waals surface area (Å²) in [5, 5.41) is 11.5. The van der Waals surface area contributed by atoms with E-state index in [-0.39, 0.29) is 6.61 Å². The fraction of sp³-hybridized carbons (Fsp3) is 0.263. The second-order valence-corrected chi connectivity index (χ2v) is 5.70. The lowest BCUT2D eigenvalue weighted by atomic mass is 9.78. The zero-order chi connectivity index (χ0) is 13.5. The van der Waals surface area contributed by atoms with Gasteiger partial charge in [0.15, 0.2) is 0 Å². The van der Waals surface area contributed by atoms with Gasteiger partial charge in [0.05, 0.1) is 0 Å². The number of allylic oxidation sites excluding steroid dienone is 1. The molecule has 99 valence electrons. The molecule has 0 fully saturated rings. The van der Waals surface area contributed by atoms with Crippen molar-refractivity contribution in [3.63, 3.8) is 0 Å². The summed E-state index contributed by atoms with van der Waals surface area (Å²) < 4.78 is 0. The van der Waals surface area contributed by atoms with Crippen LogP contribution in [-0.2, 0) is 24.4 Å².